The van der Waals surface area contributed by atoms with Gasteiger partial charge in [0, 0.05) is 21.7 Å². The fourth-order valence-electron chi connectivity index (χ4n) is 2.93. The van der Waals surface area contributed by atoms with Crippen LogP contribution in [0.3, 0.4) is 0 Å². The van der Waals surface area contributed by atoms with Crippen LogP contribution in [0.1, 0.15) is 27.0 Å². The van der Waals surface area contributed by atoms with E-state index in [4.69, 9.17) is 17.3 Å². The van der Waals surface area contributed by atoms with Crippen LogP contribution in [0.15, 0.2) is 53.6 Å². The van der Waals surface area contributed by atoms with Crippen LogP contribution in [0, 0.1) is 29.6 Å². The molecule has 0 saturated heterocycles. The zero-order valence-electron chi connectivity index (χ0n) is 15.4. The fourth-order valence-corrected chi connectivity index (χ4v) is 4.04. The van der Waals surface area contributed by atoms with Gasteiger partial charge in [-0.15, -0.1) is 0 Å². The van der Waals surface area contributed by atoms with Gasteiger partial charge in [0.05, 0.1) is 11.3 Å². The van der Waals surface area contributed by atoms with Crippen molar-refractivity contribution in [1.82, 2.24) is 4.98 Å². The summed E-state index contributed by atoms with van der Waals surface area (Å²) in [5.41, 5.74) is 8.60. The van der Waals surface area contributed by atoms with Crippen LogP contribution in [-0.2, 0) is 0 Å². The molecule has 0 saturated carbocycles. The molecule has 7 heteroatoms. The number of benzene rings is 2. The number of nitrogens with two attached hydrogens (primary N) is 1. The van der Waals surface area contributed by atoms with Crippen molar-refractivity contribution in [2.75, 3.05) is 11.5 Å². The summed E-state index contributed by atoms with van der Waals surface area (Å²) in [4.78, 5) is 16.8. The van der Waals surface area contributed by atoms with Gasteiger partial charge in [0.25, 0.3) is 0 Å². The third-order valence-electron chi connectivity index (χ3n) is 4.34. The van der Waals surface area contributed by atoms with Crippen LogP contribution in [0.5, 0.6) is 0 Å². The Kier molecular flexibility index (Phi) is 6.19. The van der Waals surface area contributed by atoms with E-state index in [1.54, 1.807) is 36.4 Å². The molecule has 29 heavy (non-hydrogen) atoms. The summed E-state index contributed by atoms with van der Waals surface area (Å²) in [6, 6.07) is 18.3. The summed E-state index contributed by atoms with van der Waals surface area (Å²) >= 11 is 7.42. The molecule has 1 heterocycles. The number of hydrogen-bond donors (Lipinski definition) is 1. The van der Waals surface area contributed by atoms with Crippen molar-refractivity contribution >= 4 is 35.0 Å². The smallest absolute Gasteiger partial charge is 0.173 e. The molecule has 0 aliphatic heterocycles. The Bertz CT molecular complexity index is 1190. The molecule has 3 aromatic rings. The Balaban J connectivity index is 2.06. The summed E-state index contributed by atoms with van der Waals surface area (Å²) in [5.74, 6) is -0.00639. The zero-order chi connectivity index (χ0) is 21.0. The van der Waals surface area contributed by atoms with Crippen molar-refractivity contribution < 1.29 is 4.79 Å². The molecule has 0 atom stereocenters. The first-order valence-electron chi connectivity index (χ1n) is 8.58. The highest BCUT2D eigenvalue weighted by Crippen LogP contribution is 2.38. The second-order valence-electron chi connectivity index (χ2n) is 6.16. The minimum absolute atomic E-state index is 0.00717. The van der Waals surface area contributed by atoms with E-state index in [2.05, 4.69) is 11.1 Å². The van der Waals surface area contributed by atoms with Gasteiger partial charge in [-0.05, 0) is 18.6 Å². The molecule has 0 aliphatic carbocycles. The number of ketones is 1. The number of anilines is 1. The molecule has 0 spiro atoms. The number of pyridine rings is 1. The van der Waals surface area contributed by atoms with Crippen molar-refractivity contribution in [3.05, 3.63) is 75.8 Å². The van der Waals surface area contributed by atoms with E-state index < -0.39 is 0 Å². The Labute approximate surface area is 177 Å². The molecule has 0 fully saturated rings. The maximum atomic E-state index is 12.6. The number of halogens is 1. The second-order valence-corrected chi connectivity index (χ2v) is 7.53. The minimum atomic E-state index is -0.0824. The van der Waals surface area contributed by atoms with Crippen molar-refractivity contribution in [2.45, 2.75) is 11.9 Å². The number of Topliss-reactive ketones (excluding diaryl/α,β-unsaturated/α-hetero) is 1. The molecule has 0 radical (unpaired) electrons. The summed E-state index contributed by atoms with van der Waals surface area (Å²) in [6.07, 6.45) is 0. The molecule has 1 aromatic heterocycles. The van der Waals surface area contributed by atoms with Crippen molar-refractivity contribution in [3.8, 4) is 23.3 Å². The highest BCUT2D eigenvalue weighted by Gasteiger charge is 2.22. The number of aromatic nitrogens is 1. The molecule has 2 aromatic carbocycles. The number of nitrogens with zero attached hydrogens (tertiary/aromatic N) is 3. The minimum Gasteiger partial charge on any atom is -0.383 e. The lowest BCUT2D eigenvalue weighted by molar-refractivity contribution is 0.102. The average molecular weight is 419 g/mol. The maximum absolute atomic E-state index is 12.6. The van der Waals surface area contributed by atoms with E-state index in [0.29, 0.717) is 26.7 Å². The molecule has 0 unspecified atom stereocenters. The van der Waals surface area contributed by atoms with Gasteiger partial charge in [0.15, 0.2) is 5.78 Å². The lowest BCUT2D eigenvalue weighted by atomic mass is 9.97. The van der Waals surface area contributed by atoms with Gasteiger partial charge in [-0.3, -0.25) is 4.79 Å². The standard InChI is InChI=1S/C22H15ClN4OS/c1-13-6-2-3-7-14(13)19(28)12-29-22-17(11-25)20(16(10-24)21(26)27-22)15-8-4-5-9-18(15)23/h2-9H,12H2,1H3,(H2,26,27). The van der Waals surface area contributed by atoms with E-state index in [1.807, 2.05) is 25.1 Å². The first-order valence-corrected chi connectivity index (χ1v) is 9.94. The van der Waals surface area contributed by atoms with Crippen molar-refractivity contribution in [3.63, 3.8) is 0 Å². The molecule has 0 amide bonds. The molecule has 142 valence electrons. The van der Waals surface area contributed by atoms with Gasteiger partial charge < -0.3 is 5.73 Å². The number of carbonyl (C=O) groups is 1. The molecule has 5 nitrogen and oxygen atoms in total. The van der Waals surface area contributed by atoms with Crippen LogP contribution in [0.25, 0.3) is 11.1 Å². The van der Waals surface area contributed by atoms with Crippen LogP contribution in [0.4, 0.5) is 5.82 Å². The van der Waals surface area contributed by atoms with E-state index >= 15 is 0 Å². The van der Waals surface area contributed by atoms with Crippen molar-refractivity contribution in [2.24, 2.45) is 0 Å². The zero-order valence-corrected chi connectivity index (χ0v) is 17.0. The Morgan fingerprint density at radius 1 is 1.10 bits per heavy atom. The lowest BCUT2D eigenvalue weighted by Gasteiger charge is -2.14. The van der Waals surface area contributed by atoms with Crippen LogP contribution in [-0.4, -0.2) is 16.5 Å². The van der Waals surface area contributed by atoms with Crippen LogP contribution >= 0.6 is 23.4 Å². The van der Waals surface area contributed by atoms with Gasteiger partial charge in [0.2, 0.25) is 0 Å². The predicted octanol–water partition coefficient (Wildman–Crippen LogP) is 5.01. The Morgan fingerprint density at radius 3 is 2.41 bits per heavy atom. The summed E-state index contributed by atoms with van der Waals surface area (Å²) in [5, 5.41) is 20.1. The van der Waals surface area contributed by atoms with Gasteiger partial charge in [-0.25, -0.2) is 4.98 Å². The van der Waals surface area contributed by atoms with E-state index in [9.17, 15) is 15.3 Å². The topological polar surface area (TPSA) is 104 Å². The normalized spacial score (nSPS) is 10.2. The van der Waals surface area contributed by atoms with Crippen molar-refractivity contribution in [1.29, 1.82) is 10.5 Å². The van der Waals surface area contributed by atoms with Crippen LogP contribution in [0.2, 0.25) is 5.02 Å². The fraction of sp³-hybridized carbons (Fsp3) is 0.0909. The predicted molar refractivity (Wildman–Crippen MR) is 115 cm³/mol. The van der Waals surface area contributed by atoms with Gasteiger partial charge in [-0.1, -0.05) is 65.8 Å². The molecule has 0 bridgehead atoms. The highest BCUT2D eigenvalue weighted by atomic mass is 35.5. The number of hydrogen-bond acceptors (Lipinski definition) is 6. The summed E-state index contributed by atoms with van der Waals surface area (Å²) in [6.45, 7) is 1.87. The maximum Gasteiger partial charge on any atom is 0.173 e. The quantitative estimate of drug-likeness (QED) is 0.461. The van der Waals surface area contributed by atoms with Gasteiger partial charge >= 0.3 is 0 Å². The Morgan fingerprint density at radius 2 is 1.76 bits per heavy atom. The Hall–Kier alpha value is -3.32. The van der Waals surface area contributed by atoms with E-state index in [-0.39, 0.29) is 28.5 Å². The largest absolute Gasteiger partial charge is 0.383 e. The molecular weight excluding hydrogens is 404 g/mol. The molecule has 2 N–H and O–H groups in total. The number of aryl methyl sites for hydroxylation is 1. The third kappa shape index (κ3) is 4.09. The molecular formula is C22H15ClN4OS. The average Bonchev–Trinajstić information content (AvgIpc) is 2.72. The number of nitriles is 2. The lowest BCUT2D eigenvalue weighted by Crippen LogP contribution is -2.07. The van der Waals surface area contributed by atoms with Gasteiger partial charge in [-0.2, -0.15) is 10.5 Å². The first kappa shape index (κ1) is 20.4. The van der Waals surface area contributed by atoms with E-state index in [1.165, 1.54) is 0 Å². The number of rotatable bonds is 5. The van der Waals surface area contributed by atoms with E-state index in [0.717, 1.165) is 17.3 Å². The number of thioether (sulfide) groups is 1. The number of carbonyl (C=O) groups excluding carboxylic acids is 1. The first-order chi connectivity index (χ1) is 14.0. The summed E-state index contributed by atoms with van der Waals surface area (Å²) < 4.78 is 0. The third-order valence-corrected chi connectivity index (χ3v) is 5.65. The second kappa shape index (κ2) is 8.79. The monoisotopic (exact) mass is 418 g/mol. The van der Waals surface area contributed by atoms with Gasteiger partial charge in [0.1, 0.15) is 28.5 Å². The highest BCUT2D eigenvalue weighted by molar-refractivity contribution is 8.00. The molecule has 3 rings (SSSR count). The number of nitrogen functional groups attached to an aromatic ring is 1. The molecule has 0 aliphatic rings. The summed E-state index contributed by atoms with van der Waals surface area (Å²) in [7, 11) is 0. The SMILES string of the molecule is Cc1ccccc1C(=O)CSc1nc(N)c(C#N)c(-c2ccccc2Cl)c1C#N. The van der Waals surface area contributed by atoms with Crippen LogP contribution < -0.4 is 5.73 Å².